The number of benzene rings is 1. The Balaban J connectivity index is 1.51. The van der Waals surface area contributed by atoms with E-state index in [0.29, 0.717) is 17.4 Å². The molecule has 0 spiro atoms. The molecule has 1 aromatic carbocycles. The minimum absolute atomic E-state index is 0.261. The maximum absolute atomic E-state index is 5.92. The molecule has 7 nitrogen and oxygen atoms in total. The van der Waals surface area contributed by atoms with Gasteiger partial charge in [-0.3, -0.25) is 4.98 Å². The fraction of sp³-hybridized carbons (Fsp3) is 0.182. The van der Waals surface area contributed by atoms with Gasteiger partial charge in [0, 0.05) is 16.9 Å². The second-order valence-corrected chi connectivity index (χ2v) is 7.54. The number of nitrogens with zero attached hydrogens (tertiary/aromatic N) is 6. The van der Waals surface area contributed by atoms with E-state index in [2.05, 4.69) is 33.5 Å². The van der Waals surface area contributed by atoms with Gasteiger partial charge in [0.1, 0.15) is 24.3 Å². The number of halogens is 1. The summed E-state index contributed by atoms with van der Waals surface area (Å²) in [7, 11) is 0. The molecule has 0 unspecified atom stereocenters. The van der Waals surface area contributed by atoms with Crippen LogP contribution < -0.4 is 4.74 Å². The molecule has 0 amide bonds. The zero-order chi connectivity index (χ0) is 20.7. The molecule has 0 aliphatic rings. The van der Waals surface area contributed by atoms with Crippen LogP contribution in [0.4, 0.5) is 0 Å². The van der Waals surface area contributed by atoms with Crippen molar-refractivity contribution in [2.75, 3.05) is 0 Å². The zero-order valence-electron chi connectivity index (χ0n) is 16.6. The van der Waals surface area contributed by atoms with Gasteiger partial charge in [-0.2, -0.15) is 0 Å². The van der Waals surface area contributed by atoms with Gasteiger partial charge in [0.25, 0.3) is 0 Å². The summed E-state index contributed by atoms with van der Waals surface area (Å²) in [6, 6.07) is 13.2. The maximum Gasteiger partial charge on any atom is 0.189 e. The zero-order valence-corrected chi connectivity index (χ0v) is 17.3. The number of rotatable bonds is 5. The highest BCUT2D eigenvalue weighted by molar-refractivity contribution is 6.30. The van der Waals surface area contributed by atoms with Gasteiger partial charge in [0.05, 0.1) is 17.6 Å². The molecule has 150 valence electrons. The fourth-order valence-electron chi connectivity index (χ4n) is 3.56. The van der Waals surface area contributed by atoms with Gasteiger partial charge in [-0.05, 0) is 55.8 Å². The van der Waals surface area contributed by atoms with E-state index < -0.39 is 0 Å². The molecule has 0 atom stereocenters. The van der Waals surface area contributed by atoms with Gasteiger partial charge in [0.15, 0.2) is 11.5 Å². The summed E-state index contributed by atoms with van der Waals surface area (Å²) in [5.74, 6) is 1.31. The Morgan fingerprint density at radius 3 is 2.60 bits per heavy atom. The van der Waals surface area contributed by atoms with E-state index >= 15 is 0 Å². The third-order valence-corrected chi connectivity index (χ3v) is 5.47. The number of hydrogen-bond acceptors (Lipinski definition) is 5. The number of aromatic nitrogens is 6. The van der Waals surface area contributed by atoms with Crippen LogP contribution in [0.15, 0.2) is 55.0 Å². The molecule has 8 heteroatoms. The Morgan fingerprint density at radius 1 is 1.00 bits per heavy atom. The van der Waals surface area contributed by atoms with Crippen LogP contribution in [0, 0.1) is 13.8 Å². The van der Waals surface area contributed by atoms with E-state index in [-0.39, 0.29) is 6.61 Å². The molecule has 5 aromatic rings. The number of fused-ring (bicyclic) bond motifs is 3. The van der Waals surface area contributed by atoms with Gasteiger partial charge >= 0.3 is 0 Å². The lowest BCUT2D eigenvalue weighted by atomic mass is 10.2. The molecule has 0 aliphatic heterocycles. The first-order chi connectivity index (χ1) is 14.6. The van der Waals surface area contributed by atoms with Gasteiger partial charge in [-0.15, -0.1) is 5.10 Å². The Morgan fingerprint density at radius 2 is 1.83 bits per heavy atom. The Bertz CT molecular complexity index is 1340. The van der Waals surface area contributed by atoms with E-state index in [9.17, 15) is 0 Å². The van der Waals surface area contributed by atoms with Crippen LogP contribution in [0.3, 0.4) is 0 Å². The third-order valence-electron chi connectivity index (χ3n) is 5.22. The van der Waals surface area contributed by atoms with Gasteiger partial charge in [-0.1, -0.05) is 17.7 Å². The van der Waals surface area contributed by atoms with Crippen molar-refractivity contribution >= 4 is 28.3 Å². The third kappa shape index (κ3) is 3.27. The highest BCUT2D eigenvalue weighted by Crippen LogP contribution is 2.27. The van der Waals surface area contributed by atoms with Gasteiger partial charge in [-0.25, -0.2) is 14.5 Å². The van der Waals surface area contributed by atoms with E-state index in [1.54, 1.807) is 29.2 Å². The molecule has 0 N–H and O–H groups in total. The fourth-order valence-corrected chi connectivity index (χ4v) is 3.69. The van der Waals surface area contributed by atoms with Crippen LogP contribution in [0.2, 0.25) is 5.02 Å². The molecule has 0 saturated heterocycles. The van der Waals surface area contributed by atoms with Crippen molar-refractivity contribution < 1.29 is 4.74 Å². The molecule has 0 aliphatic carbocycles. The van der Waals surface area contributed by atoms with E-state index in [1.165, 1.54) is 0 Å². The molecular weight excluding hydrogens is 400 g/mol. The van der Waals surface area contributed by atoms with Crippen molar-refractivity contribution in [3.8, 4) is 5.75 Å². The van der Waals surface area contributed by atoms with Crippen molar-refractivity contribution in [2.24, 2.45) is 0 Å². The quantitative estimate of drug-likeness (QED) is 0.424. The molecule has 0 fully saturated rings. The maximum atomic E-state index is 5.92. The SMILES string of the molecule is Cc1c(C)n(Cc2ccccn2)c2ncn3nc(COc4ccc(Cl)cc4)nc3c12. The first-order valence-electron chi connectivity index (χ1n) is 9.58. The van der Waals surface area contributed by atoms with Gasteiger partial charge in [0.2, 0.25) is 0 Å². The number of ether oxygens (including phenoxy) is 1. The van der Waals surface area contributed by atoms with Crippen LogP contribution in [0.5, 0.6) is 5.75 Å². The van der Waals surface area contributed by atoms with E-state index in [1.807, 2.05) is 30.3 Å². The summed E-state index contributed by atoms with van der Waals surface area (Å²) >= 11 is 5.92. The summed E-state index contributed by atoms with van der Waals surface area (Å²) in [6.07, 6.45) is 3.50. The standard InChI is InChI=1S/C22H19ClN6O/c1-14-15(2)28(11-17-5-3-4-10-24-17)21-20(14)22-26-19(27-29(22)13-25-21)12-30-18-8-6-16(23)7-9-18/h3-10,13H,11-12H2,1-2H3. The van der Waals surface area contributed by atoms with Gasteiger partial charge < -0.3 is 9.30 Å². The van der Waals surface area contributed by atoms with Crippen LogP contribution in [-0.2, 0) is 13.2 Å². The predicted octanol–water partition coefficient (Wildman–Crippen LogP) is 4.37. The molecule has 0 saturated carbocycles. The first-order valence-corrected chi connectivity index (χ1v) is 9.96. The lowest BCUT2D eigenvalue weighted by Gasteiger charge is -2.07. The van der Waals surface area contributed by atoms with E-state index in [4.69, 9.17) is 21.3 Å². The van der Waals surface area contributed by atoms with Crippen molar-refractivity contribution in [2.45, 2.75) is 27.0 Å². The topological polar surface area (TPSA) is 70.1 Å². The summed E-state index contributed by atoms with van der Waals surface area (Å²) in [5.41, 5.74) is 4.91. The smallest absolute Gasteiger partial charge is 0.189 e. The molecule has 4 aromatic heterocycles. The molecular formula is C22H19ClN6O. The van der Waals surface area contributed by atoms with Crippen LogP contribution in [-0.4, -0.2) is 29.1 Å². The second-order valence-electron chi connectivity index (χ2n) is 7.10. The molecule has 0 radical (unpaired) electrons. The second kappa shape index (κ2) is 7.42. The highest BCUT2D eigenvalue weighted by Gasteiger charge is 2.18. The Hall–Kier alpha value is -3.45. The van der Waals surface area contributed by atoms with Crippen LogP contribution >= 0.6 is 11.6 Å². The van der Waals surface area contributed by atoms with Crippen molar-refractivity contribution in [1.82, 2.24) is 29.1 Å². The lowest BCUT2D eigenvalue weighted by Crippen LogP contribution is -2.04. The number of pyridine rings is 1. The summed E-state index contributed by atoms with van der Waals surface area (Å²) < 4.78 is 9.68. The largest absolute Gasteiger partial charge is 0.486 e. The first kappa shape index (κ1) is 18.6. The van der Waals surface area contributed by atoms with Crippen LogP contribution in [0.1, 0.15) is 22.8 Å². The summed E-state index contributed by atoms with van der Waals surface area (Å²) in [5, 5.41) is 6.20. The molecule has 5 rings (SSSR count). The Labute approximate surface area is 177 Å². The molecule has 0 bridgehead atoms. The van der Waals surface area contributed by atoms with Crippen LogP contribution in [0.25, 0.3) is 16.7 Å². The Kier molecular flexibility index (Phi) is 4.59. The van der Waals surface area contributed by atoms with E-state index in [0.717, 1.165) is 39.4 Å². The minimum atomic E-state index is 0.261. The average Bonchev–Trinajstić information content (AvgIpc) is 3.28. The minimum Gasteiger partial charge on any atom is -0.486 e. The monoisotopic (exact) mass is 418 g/mol. The summed E-state index contributed by atoms with van der Waals surface area (Å²) in [4.78, 5) is 13.8. The molecule has 30 heavy (non-hydrogen) atoms. The predicted molar refractivity (Wildman–Crippen MR) is 115 cm³/mol. The van der Waals surface area contributed by atoms with Crippen molar-refractivity contribution in [1.29, 1.82) is 0 Å². The number of hydrogen-bond donors (Lipinski definition) is 0. The normalized spacial score (nSPS) is 11.4. The van der Waals surface area contributed by atoms with Crippen molar-refractivity contribution in [3.05, 3.63) is 82.8 Å². The summed E-state index contributed by atoms with van der Waals surface area (Å²) in [6.45, 7) is 5.10. The van der Waals surface area contributed by atoms with Crippen molar-refractivity contribution in [3.63, 3.8) is 0 Å². The lowest BCUT2D eigenvalue weighted by molar-refractivity contribution is 0.296. The highest BCUT2D eigenvalue weighted by atomic mass is 35.5. The average molecular weight is 419 g/mol. The number of aryl methyl sites for hydroxylation is 1. The molecule has 4 heterocycles.